The van der Waals surface area contributed by atoms with E-state index >= 15 is 0 Å². The van der Waals surface area contributed by atoms with Gasteiger partial charge in [0.1, 0.15) is 0 Å². The largest absolute Gasteiger partial charge is 0.385 e. The monoisotopic (exact) mass is 257 g/mol. The number of methoxy groups -OCH3 is 1. The molecule has 0 bridgehead atoms. The molecule has 1 unspecified atom stereocenters. The summed E-state index contributed by atoms with van der Waals surface area (Å²) in [6.45, 7) is 2.20. The Hall–Kier alpha value is -1.14. The van der Waals surface area contributed by atoms with Crippen molar-refractivity contribution >= 4 is 11.8 Å². The Morgan fingerprint density at radius 3 is 2.89 bits per heavy atom. The Bertz CT molecular complexity index is 278. The van der Waals surface area contributed by atoms with Crippen LogP contribution >= 0.6 is 0 Å². The maximum atomic E-state index is 11.9. The van der Waals surface area contributed by atoms with Gasteiger partial charge in [0.2, 0.25) is 11.8 Å². The van der Waals surface area contributed by atoms with E-state index in [9.17, 15) is 9.59 Å². The SMILES string of the molecule is COCCCNC(=O)CN(C)C(=O)C1CCCN1. The maximum absolute atomic E-state index is 11.9. The lowest BCUT2D eigenvalue weighted by atomic mass is 10.2. The summed E-state index contributed by atoms with van der Waals surface area (Å²) in [5.41, 5.74) is 0. The van der Waals surface area contributed by atoms with Crippen molar-refractivity contribution in [1.82, 2.24) is 15.5 Å². The van der Waals surface area contributed by atoms with Crippen LogP contribution < -0.4 is 10.6 Å². The van der Waals surface area contributed by atoms with Gasteiger partial charge in [-0.1, -0.05) is 0 Å². The minimum Gasteiger partial charge on any atom is -0.385 e. The van der Waals surface area contributed by atoms with E-state index in [-0.39, 0.29) is 24.4 Å². The summed E-state index contributed by atoms with van der Waals surface area (Å²) in [4.78, 5) is 25.0. The van der Waals surface area contributed by atoms with Gasteiger partial charge < -0.3 is 20.3 Å². The molecule has 0 spiro atoms. The van der Waals surface area contributed by atoms with E-state index in [0.717, 1.165) is 25.8 Å². The second-order valence-corrected chi connectivity index (χ2v) is 4.54. The molecular weight excluding hydrogens is 234 g/mol. The average molecular weight is 257 g/mol. The molecule has 1 aliphatic rings. The van der Waals surface area contributed by atoms with Crippen molar-refractivity contribution in [1.29, 1.82) is 0 Å². The summed E-state index contributed by atoms with van der Waals surface area (Å²) in [6, 6.07) is -0.115. The van der Waals surface area contributed by atoms with Crippen LogP contribution in [0.5, 0.6) is 0 Å². The number of nitrogens with one attached hydrogen (secondary N) is 2. The highest BCUT2D eigenvalue weighted by Crippen LogP contribution is 2.07. The first-order valence-corrected chi connectivity index (χ1v) is 6.39. The Kier molecular flexibility index (Phi) is 6.67. The average Bonchev–Trinajstić information content (AvgIpc) is 2.87. The number of nitrogens with zero attached hydrogens (tertiary/aromatic N) is 1. The van der Waals surface area contributed by atoms with Gasteiger partial charge in [-0.15, -0.1) is 0 Å². The van der Waals surface area contributed by atoms with Crippen molar-refractivity contribution in [2.75, 3.05) is 40.4 Å². The minimum atomic E-state index is -0.125. The zero-order valence-electron chi connectivity index (χ0n) is 11.2. The summed E-state index contributed by atoms with van der Waals surface area (Å²) in [5.74, 6) is -0.125. The maximum Gasteiger partial charge on any atom is 0.239 e. The summed E-state index contributed by atoms with van der Waals surface area (Å²) >= 11 is 0. The third-order valence-corrected chi connectivity index (χ3v) is 2.96. The summed E-state index contributed by atoms with van der Waals surface area (Å²) < 4.78 is 4.89. The first-order chi connectivity index (χ1) is 8.65. The molecule has 1 aliphatic heterocycles. The Morgan fingerprint density at radius 2 is 2.28 bits per heavy atom. The van der Waals surface area contributed by atoms with E-state index in [1.807, 2.05) is 0 Å². The molecule has 1 rings (SSSR count). The molecule has 18 heavy (non-hydrogen) atoms. The van der Waals surface area contributed by atoms with Gasteiger partial charge in [0.25, 0.3) is 0 Å². The molecule has 2 N–H and O–H groups in total. The van der Waals surface area contributed by atoms with Gasteiger partial charge in [-0.05, 0) is 25.8 Å². The molecule has 6 nitrogen and oxygen atoms in total. The van der Waals surface area contributed by atoms with Crippen LogP contribution in [-0.4, -0.2) is 63.2 Å². The quantitative estimate of drug-likeness (QED) is 0.595. The molecule has 2 amide bonds. The topological polar surface area (TPSA) is 70.7 Å². The normalized spacial score (nSPS) is 18.7. The molecular formula is C12H23N3O3. The van der Waals surface area contributed by atoms with E-state index in [4.69, 9.17) is 4.74 Å². The molecule has 0 aromatic rings. The lowest BCUT2D eigenvalue weighted by Gasteiger charge is -2.20. The fourth-order valence-corrected chi connectivity index (χ4v) is 1.95. The highest BCUT2D eigenvalue weighted by molar-refractivity contribution is 5.87. The first kappa shape index (κ1) is 14.9. The third kappa shape index (κ3) is 5.01. The minimum absolute atomic E-state index is 0.000425. The molecule has 1 atom stereocenters. The van der Waals surface area contributed by atoms with Crippen LogP contribution in [0.2, 0.25) is 0 Å². The van der Waals surface area contributed by atoms with Crippen molar-refractivity contribution in [3.8, 4) is 0 Å². The van der Waals surface area contributed by atoms with Crippen molar-refractivity contribution in [2.45, 2.75) is 25.3 Å². The van der Waals surface area contributed by atoms with E-state index in [1.165, 1.54) is 4.90 Å². The Morgan fingerprint density at radius 1 is 1.50 bits per heavy atom. The molecule has 0 aromatic carbocycles. The number of likely N-dealkylation sites (N-methyl/N-ethyl adjacent to an activating group) is 1. The molecule has 1 heterocycles. The summed E-state index contributed by atoms with van der Waals surface area (Å²) in [5, 5.41) is 5.89. The first-order valence-electron chi connectivity index (χ1n) is 6.39. The van der Waals surface area contributed by atoms with Gasteiger partial charge in [-0.25, -0.2) is 0 Å². The van der Waals surface area contributed by atoms with Gasteiger partial charge in [0.15, 0.2) is 0 Å². The van der Waals surface area contributed by atoms with Gasteiger partial charge in [-0.2, -0.15) is 0 Å². The van der Waals surface area contributed by atoms with Gasteiger partial charge in [-0.3, -0.25) is 9.59 Å². The third-order valence-electron chi connectivity index (χ3n) is 2.96. The van der Waals surface area contributed by atoms with Crippen molar-refractivity contribution in [3.63, 3.8) is 0 Å². The van der Waals surface area contributed by atoms with Crippen molar-refractivity contribution < 1.29 is 14.3 Å². The zero-order valence-corrected chi connectivity index (χ0v) is 11.2. The van der Waals surface area contributed by atoms with E-state index in [1.54, 1.807) is 14.2 Å². The number of hydrogen-bond acceptors (Lipinski definition) is 4. The van der Waals surface area contributed by atoms with Crippen LogP contribution in [0.25, 0.3) is 0 Å². The highest BCUT2D eigenvalue weighted by Gasteiger charge is 2.25. The lowest BCUT2D eigenvalue weighted by molar-refractivity contribution is -0.136. The van der Waals surface area contributed by atoms with Crippen LogP contribution in [0.1, 0.15) is 19.3 Å². The molecule has 0 aromatic heterocycles. The Balaban J connectivity index is 2.19. The molecule has 0 saturated carbocycles. The summed E-state index contributed by atoms with van der Waals surface area (Å²) in [6.07, 6.45) is 2.66. The predicted octanol–water partition coefficient (Wildman–Crippen LogP) is -0.650. The van der Waals surface area contributed by atoms with Crippen molar-refractivity contribution in [2.24, 2.45) is 0 Å². The van der Waals surface area contributed by atoms with E-state index in [2.05, 4.69) is 10.6 Å². The fourth-order valence-electron chi connectivity index (χ4n) is 1.95. The van der Waals surface area contributed by atoms with Crippen LogP contribution in [0.15, 0.2) is 0 Å². The highest BCUT2D eigenvalue weighted by atomic mass is 16.5. The number of carbonyl (C=O) groups is 2. The molecule has 1 fully saturated rings. The van der Waals surface area contributed by atoms with Gasteiger partial charge in [0, 0.05) is 27.3 Å². The van der Waals surface area contributed by atoms with E-state index < -0.39 is 0 Å². The van der Waals surface area contributed by atoms with Crippen molar-refractivity contribution in [3.05, 3.63) is 0 Å². The molecule has 0 aliphatic carbocycles. The van der Waals surface area contributed by atoms with Gasteiger partial charge >= 0.3 is 0 Å². The second-order valence-electron chi connectivity index (χ2n) is 4.54. The number of rotatable bonds is 7. The molecule has 6 heteroatoms. The van der Waals surface area contributed by atoms with Crippen LogP contribution in [0.3, 0.4) is 0 Å². The fraction of sp³-hybridized carbons (Fsp3) is 0.833. The van der Waals surface area contributed by atoms with Crippen LogP contribution in [0.4, 0.5) is 0 Å². The predicted molar refractivity (Wildman–Crippen MR) is 68.2 cm³/mol. The smallest absolute Gasteiger partial charge is 0.239 e. The number of ether oxygens (including phenoxy) is 1. The Labute approximate surface area is 108 Å². The zero-order chi connectivity index (χ0) is 13.4. The molecule has 104 valence electrons. The van der Waals surface area contributed by atoms with E-state index in [0.29, 0.717) is 13.2 Å². The molecule has 0 radical (unpaired) electrons. The van der Waals surface area contributed by atoms with Gasteiger partial charge in [0.05, 0.1) is 12.6 Å². The van der Waals surface area contributed by atoms with Crippen LogP contribution in [0, 0.1) is 0 Å². The number of carbonyl (C=O) groups excluding carboxylic acids is 2. The second kappa shape index (κ2) is 8.05. The standard InChI is InChI=1S/C12H23N3O3/c1-15(12(17)10-5-3-6-13-10)9-11(16)14-7-4-8-18-2/h10,13H,3-9H2,1-2H3,(H,14,16). The summed E-state index contributed by atoms with van der Waals surface area (Å²) in [7, 11) is 3.29. The molecule has 1 saturated heterocycles. The number of amides is 2. The van der Waals surface area contributed by atoms with Crippen LogP contribution in [-0.2, 0) is 14.3 Å². The number of hydrogen-bond donors (Lipinski definition) is 2. The lowest BCUT2D eigenvalue weighted by Crippen LogP contribution is -2.45.